The zero-order valence-electron chi connectivity index (χ0n) is 24.3. The molecule has 0 bridgehead atoms. The predicted molar refractivity (Wildman–Crippen MR) is 163 cm³/mol. The van der Waals surface area contributed by atoms with Crippen molar-refractivity contribution in [3.63, 3.8) is 0 Å². The SMILES string of the molecule is CCC(C)NC(=O)C(C)N(Cc1ccc(Cl)cc1)C(=O)CN(c1cc(C)ccc1OC)S(=O)(=O)c1ccc(C)cc1. The number of halogens is 1. The largest absolute Gasteiger partial charge is 0.495 e. The van der Waals surface area contributed by atoms with E-state index in [1.165, 1.54) is 24.1 Å². The Balaban J connectivity index is 2.09. The first-order valence-corrected chi connectivity index (χ1v) is 15.3. The lowest BCUT2D eigenvalue weighted by molar-refractivity contribution is -0.139. The number of nitrogens with one attached hydrogen (secondary N) is 1. The maximum Gasteiger partial charge on any atom is 0.264 e. The van der Waals surface area contributed by atoms with Crippen LogP contribution >= 0.6 is 11.6 Å². The smallest absolute Gasteiger partial charge is 0.264 e. The second-order valence-corrected chi connectivity index (χ2v) is 12.4. The van der Waals surface area contributed by atoms with Gasteiger partial charge in [0.1, 0.15) is 18.3 Å². The lowest BCUT2D eigenvalue weighted by atomic mass is 10.1. The van der Waals surface area contributed by atoms with E-state index in [-0.39, 0.29) is 29.1 Å². The predicted octanol–water partition coefficient (Wildman–Crippen LogP) is 5.49. The maximum absolute atomic E-state index is 14.1. The zero-order chi connectivity index (χ0) is 30.3. The van der Waals surface area contributed by atoms with Crippen LogP contribution in [0.2, 0.25) is 5.02 Å². The van der Waals surface area contributed by atoms with Gasteiger partial charge >= 0.3 is 0 Å². The fraction of sp³-hybridized carbons (Fsp3) is 0.355. The number of sulfonamides is 1. The molecule has 2 unspecified atom stereocenters. The lowest BCUT2D eigenvalue weighted by Crippen LogP contribution is -2.52. The van der Waals surface area contributed by atoms with Gasteiger partial charge in [-0.2, -0.15) is 0 Å². The van der Waals surface area contributed by atoms with Crippen LogP contribution in [0.15, 0.2) is 71.6 Å². The summed E-state index contributed by atoms with van der Waals surface area (Å²) < 4.78 is 34.7. The van der Waals surface area contributed by atoms with E-state index in [4.69, 9.17) is 16.3 Å². The summed E-state index contributed by atoms with van der Waals surface area (Å²) >= 11 is 6.06. The van der Waals surface area contributed by atoms with Crippen LogP contribution in [0.1, 0.15) is 43.9 Å². The van der Waals surface area contributed by atoms with E-state index in [0.717, 1.165) is 27.4 Å². The third-order valence-electron chi connectivity index (χ3n) is 6.93. The minimum atomic E-state index is -4.21. The summed E-state index contributed by atoms with van der Waals surface area (Å²) in [7, 11) is -2.76. The highest BCUT2D eigenvalue weighted by atomic mass is 35.5. The molecule has 2 atom stereocenters. The van der Waals surface area contributed by atoms with Crippen molar-refractivity contribution in [2.45, 2.75) is 64.6 Å². The molecule has 0 fully saturated rings. The van der Waals surface area contributed by atoms with E-state index in [1.807, 2.05) is 27.7 Å². The van der Waals surface area contributed by atoms with Crippen molar-refractivity contribution >= 4 is 39.1 Å². The van der Waals surface area contributed by atoms with Crippen LogP contribution in [0.5, 0.6) is 5.75 Å². The second kappa shape index (κ2) is 13.9. The molecule has 0 saturated heterocycles. The monoisotopic (exact) mass is 599 g/mol. The van der Waals surface area contributed by atoms with E-state index >= 15 is 0 Å². The number of nitrogens with zero attached hydrogens (tertiary/aromatic N) is 2. The Kier molecular flexibility index (Phi) is 10.8. The van der Waals surface area contributed by atoms with Crippen molar-refractivity contribution in [2.75, 3.05) is 18.0 Å². The van der Waals surface area contributed by atoms with Gasteiger partial charge in [0, 0.05) is 17.6 Å². The van der Waals surface area contributed by atoms with E-state index in [0.29, 0.717) is 10.8 Å². The Bertz CT molecular complexity index is 1460. The number of amides is 2. The summed E-state index contributed by atoms with van der Waals surface area (Å²) in [5, 5.41) is 3.46. The van der Waals surface area contributed by atoms with Crippen molar-refractivity contribution in [1.82, 2.24) is 10.2 Å². The Morgan fingerprint density at radius 2 is 1.56 bits per heavy atom. The number of methoxy groups -OCH3 is 1. The van der Waals surface area contributed by atoms with E-state index in [1.54, 1.807) is 61.5 Å². The van der Waals surface area contributed by atoms with E-state index in [9.17, 15) is 18.0 Å². The summed E-state index contributed by atoms with van der Waals surface area (Å²) in [5.74, 6) is -0.584. The molecule has 0 saturated carbocycles. The normalized spacial score (nSPS) is 12.8. The number of carbonyl (C=O) groups is 2. The van der Waals surface area contributed by atoms with Gasteiger partial charge in [-0.25, -0.2) is 8.42 Å². The first-order chi connectivity index (χ1) is 19.4. The van der Waals surface area contributed by atoms with Gasteiger partial charge in [-0.3, -0.25) is 13.9 Å². The van der Waals surface area contributed by atoms with E-state index < -0.39 is 28.5 Å². The Labute approximate surface area is 248 Å². The van der Waals surface area contributed by atoms with Crippen molar-refractivity contribution < 1.29 is 22.7 Å². The zero-order valence-corrected chi connectivity index (χ0v) is 25.9. The number of rotatable bonds is 12. The molecule has 0 aliphatic rings. The highest BCUT2D eigenvalue weighted by molar-refractivity contribution is 7.92. The van der Waals surface area contributed by atoms with Crippen LogP contribution in [0.4, 0.5) is 5.69 Å². The average Bonchev–Trinajstić information content (AvgIpc) is 2.95. The number of hydrogen-bond acceptors (Lipinski definition) is 5. The Morgan fingerprint density at radius 1 is 0.951 bits per heavy atom. The molecule has 0 aromatic heterocycles. The van der Waals surface area contributed by atoms with Crippen molar-refractivity contribution in [1.29, 1.82) is 0 Å². The van der Waals surface area contributed by atoms with Gasteiger partial charge in [0.15, 0.2) is 0 Å². The summed E-state index contributed by atoms with van der Waals surface area (Å²) in [6, 6.07) is 17.5. The lowest BCUT2D eigenvalue weighted by Gasteiger charge is -2.33. The molecular formula is C31H38ClN3O5S. The van der Waals surface area contributed by atoms with Crippen LogP contribution in [-0.2, 0) is 26.2 Å². The molecule has 1 N–H and O–H groups in total. The average molecular weight is 600 g/mol. The minimum Gasteiger partial charge on any atom is -0.495 e. The standard InChI is InChI=1S/C31H38ClN3O5S/c1-7-23(4)33-31(37)24(5)34(19-25-11-13-26(32)14-12-25)30(36)20-35(28-18-22(3)10-17-29(28)40-6)41(38,39)27-15-8-21(2)9-16-27/h8-18,23-24H,7,19-20H2,1-6H3,(H,33,37). The Hall–Kier alpha value is -3.56. The van der Waals surface area contributed by atoms with Gasteiger partial charge in [-0.1, -0.05) is 54.4 Å². The molecule has 10 heteroatoms. The number of anilines is 1. The van der Waals surface area contributed by atoms with Gasteiger partial charge in [0.05, 0.1) is 17.7 Å². The summed E-state index contributed by atoms with van der Waals surface area (Å²) in [4.78, 5) is 28.7. The molecule has 0 radical (unpaired) electrons. The van der Waals surface area contributed by atoms with Gasteiger partial charge in [0.25, 0.3) is 10.0 Å². The number of hydrogen-bond donors (Lipinski definition) is 1. The van der Waals surface area contributed by atoms with Crippen LogP contribution in [0.25, 0.3) is 0 Å². The molecule has 2 amide bonds. The molecule has 3 aromatic rings. The van der Waals surface area contributed by atoms with Crippen LogP contribution < -0.4 is 14.4 Å². The molecule has 0 aliphatic heterocycles. The minimum absolute atomic E-state index is 0.0336. The molecule has 220 valence electrons. The van der Waals surface area contributed by atoms with Crippen LogP contribution in [0.3, 0.4) is 0 Å². The van der Waals surface area contributed by atoms with Crippen LogP contribution in [0, 0.1) is 13.8 Å². The number of benzene rings is 3. The van der Waals surface area contributed by atoms with Crippen molar-refractivity contribution in [2.24, 2.45) is 0 Å². The molecule has 0 aliphatic carbocycles. The molecule has 41 heavy (non-hydrogen) atoms. The fourth-order valence-electron chi connectivity index (χ4n) is 4.18. The summed E-state index contributed by atoms with van der Waals surface area (Å²) in [6.07, 6.45) is 0.722. The second-order valence-electron chi connectivity index (χ2n) is 10.1. The maximum atomic E-state index is 14.1. The molecular weight excluding hydrogens is 562 g/mol. The summed E-state index contributed by atoms with van der Waals surface area (Å²) in [5.41, 5.74) is 2.66. The molecule has 0 heterocycles. The number of aryl methyl sites for hydroxylation is 2. The molecule has 3 aromatic carbocycles. The highest BCUT2D eigenvalue weighted by Gasteiger charge is 2.34. The van der Waals surface area contributed by atoms with Gasteiger partial charge < -0.3 is 15.0 Å². The first kappa shape index (κ1) is 32.0. The summed E-state index contributed by atoms with van der Waals surface area (Å²) in [6.45, 7) is 8.69. The number of ether oxygens (including phenoxy) is 1. The van der Waals surface area contributed by atoms with Crippen molar-refractivity contribution in [3.8, 4) is 5.75 Å². The molecule has 8 nitrogen and oxygen atoms in total. The number of carbonyl (C=O) groups excluding carboxylic acids is 2. The van der Waals surface area contributed by atoms with Gasteiger partial charge in [-0.15, -0.1) is 0 Å². The Morgan fingerprint density at radius 3 is 2.15 bits per heavy atom. The van der Waals surface area contributed by atoms with Crippen molar-refractivity contribution in [3.05, 3.63) is 88.4 Å². The molecule has 0 spiro atoms. The topological polar surface area (TPSA) is 96.0 Å². The van der Waals surface area contributed by atoms with Crippen LogP contribution in [-0.4, -0.2) is 50.9 Å². The highest BCUT2D eigenvalue weighted by Crippen LogP contribution is 2.34. The van der Waals surface area contributed by atoms with Gasteiger partial charge in [0.2, 0.25) is 11.8 Å². The van der Waals surface area contributed by atoms with Gasteiger partial charge in [-0.05, 0) is 81.6 Å². The fourth-order valence-corrected chi connectivity index (χ4v) is 5.72. The quantitative estimate of drug-likeness (QED) is 0.297. The third-order valence-corrected chi connectivity index (χ3v) is 8.95. The molecule has 3 rings (SSSR count). The van der Waals surface area contributed by atoms with E-state index in [2.05, 4.69) is 5.32 Å². The third kappa shape index (κ3) is 8.01. The first-order valence-electron chi connectivity index (χ1n) is 13.5.